The van der Waals surface area contributed by atoms with Crippen molar-refractivity contribution in [3.05, 3.63) is 66.0 Å². The molecule has 1 fully saturated rings. The van der Waals surface area contributed by atoms with Crippen LogP contribution in [0.3, 0.4) is 0 Å². The zero-order chi connectivity index (χ0) is 22.9. The van der Waals surface area contributed by atoms with Crippen LogP contribution in [0.1, 0.15) is 30.4 Å². The summed E-state index contributed by atoms with van der Waals surface area (Å²) in [6.45, 7) is 11.2. The van der Waals surface area contributed by atoms with Crippen LogP contribution in [0.5, 0.6) is 5.75 Å². The summed E-state index contributed by atoms with van der Waals surface area (Å²) in [5.41, 5.74) is 4.00. The molecule has 0 aliphatic carbocycles. The zero-order valence-electron chi connectivity index (χ0n) is 19.9. The maximum absolute atomic E-state index is 14.4. The van der Waals surface area contributed by atoms with E-state index >= 15 is 0 Å². The summed E-state index contributed by atoms with van der Waals surface area (Å²) in [5.74, 6) is 0.856. The monoisotopic (exact) mass is 439 g/mol. The van der Waals surface area contributed by atoms with Gasteiger partial charge < -0.3 is 14.5 Å². The predicted molar refractivity (Wildman–Crippen MR) is 134 cm³/mol. The summed E-state index contributed by atoms with van der Waals surface area (Å²) < 4.78 is 20.4. The van der Waals surface area contributed by atoms with Crippen molar-refractivity contribution in [2.24, 2.45) is 0 Å². The van der Waals surface area contributed by atoms with Gasteiger partial charge in [0.15, 0.2) is 0 Å². The van der Waals surface area contributed by atoms with Crippen LogP contribution >= 0.6 is 0 Å². The van der Waals surface area contributed by atoms with Crippen molar-refractivity contribution in [1.29, 1.82) is 0 Å². The normalized spacial score (nSPS) is 14.4. The molecule has 0 spiro atoms. The smallest absolute Gasteiger partial charge is 0.149 e. The lowest BCUT2D eigenvalue weighted by molar-refractivity contribution is 0.238. The molecule has 3 rings (SSSR count). The van der Waals surface area contributed by atoms with Crippen molar-refractivity contribution >= 4 is 11.4 Å². The minimum Gasteiger partial charge on any atom is -0.494 e. The molecule has 0 bridgehead atoms. The zero-order valence-corrected chi connectivity index (χ0v) is 19.9. The van der Waals surface area contributed by atoms with Gasteiger partial charge in [-0.3, -0.25) is 4.90 Å². The third kappa shape index (κ3) is 6.49. The maximum atomic E-state index is 14.4. The lowest BCUT2D eigenvalue weighted by Gasteiger charge is -2.36. The van der Waals surface area contributed by atoms with Gasteiger partial charge in [-0.2, -0.15) is 0 Å². The van der Waals surface area contributed by atoms with Crippen LogP contribution < -0.4 is 14.5 Å². The molecule has 4 nitrogen and oxygen atoms in total. The Bertz CT molecular complexity index is 875. The van der Waals surface area contributed by atoms with E-state index < -0.39 is 0 Å². The van der Waals surface area contributed by atoms with E-state index in [0.29, 0.717) is 5.56 Å². The molecular formula is C27H38FN3O. The van der Waals surface area contributed by atoms with Gasteiger partial charge in [-0.05, 0) is 62.4 Å². The van der Waals surface area contributed by atoms with E-state index in [1.54, 1.807) is 0 Å². The number of aryl methyl sites for hydroxylation is 2. The van der Waals surface area contributed by atoms with E-state index in [4.69, 9.17) is 4.74 Å². The van der Waals surface area contributed by atoms with Gasteiger partial charge in [-0.15, -0.1) is 6.58 Å². The summed E-state index contributed by atoms with van der Waals surface area (Å²) in [7, 11) is 4.15. The Balaban J connectivity index is 1.38. The number of nitrogens with zero attached hydrogens (tertiary/aromatic N) is 3. The van der Waals surface area contributed by atoms with E-state index in [1.165, 1.54) is 11.3 Å². The molecule has 1 saturated heterocycles. The number of piperazine rings is 1. The fourth-order valence-electron chi connectivity index (χ4n) is 4.23. The van der Waals surface area contributed by atoms with Gasteiger partial charge in [-0.25, -0.2) is 4.39 Å². The van der Waals surface area contributed by atoms with Gasteiger partial charge in [0.1, 0.15) is 11.6 Å². The van der Waals surface area contributed by atoms with Gasteiger partial charge in [0, 0.05) is 52.0 Å². The average Bonchev–Trinajstić information content (AvgIpc) is 2.80. The Labute approximate surface area is 193 Å². The fourth-order valence-corrected chi connectivity index (χ4v) is 4.23. The molecule has 0 unspecified atom stereocenters. The Hall–Kier alpha value is -2.53. The summed E-state index contributed by atoms with van der Waals surface area (Å²) in [5, 5.41) is 0. The molecule has 5 heteroatoms. The summed E-state index contributed by atoms with van der Waals surface area (Å²) in [4.78, 5) is 6.79. The molecule has 0 amide bonds. The number of benzene rings is 2. The second kappa shape index (κ2) is 11.9. The first-order valence-electron chi connectivity index (χ1n) is 11.8. The topological polar surface area (TPSA) is 19.0 Å². The molecule has 0 atom stereocenters. The van der Waals surface area contributed by atoms with Crippen molar-refractivity contribution in [2.75, 3.05) is 63.2 Å². The first-order valence-corrected chi connectivity index (χ1v) is 11.8. The van der Waals surface area contributed by atoms with Crippen molar-refractivity contribution in [1.82, 2.24) is 4.90 Å². The second-order valence-electron chi connectivity index (χ2n) is 8.80. The number of hydrogen-bond acceptors (Lipinski definition) is 4. The molecular weight excluding hydrogens is 401 g/mol. The third-order valence-corrected chi connectivity index (χ3v) is 6.18. The summed E-state index contributed by atoms with van der Waals surface area (Å²) >= 11 is 0. The summed E-state index contributed by atoms with van der Waals surface area (Å²) in [6, 6.07) is 12.1. The van der Waals surface area contributed by atoms with Crippen LogP contribution in [0, 0.1) is 12.7 Å². The van der Waals surface area contributed by atoms with Gasteiger partial charge in [0.05, 0.1) is 12.3 Å². The van der Waals surface area contributed by atoms with Crippen LogP contribution in [0.2, 0.25) is 0 Å². The highest BCUT2D eigenvalue weighted by atomic mass is 19.1. The molecule has 2 aromatic rings. The fraction of sp³-hybridized carbons (Fsp3) is 0.481. The predicted octanol–water partition coefficient (Wildman–Crippen LogP) is 5.30. The molecule has 0 radical (unpaired) electrons. The van der Waals surface area contributed by atoms with Crippen LogP contribution in [-0.4, -0.2) is 58.3 Å². The molecule has 1 aliphatic rings. The van der Waals surface area contributed by atoms with Crippen LogP contribution in [0.15, 0.2) is 49.1 Å². The first kappa shape index (κ1) is 24.1. The highest BCUT2D eigenvalue weighted by molar-refractivity contribution is 5.56. The number of allylic oxidation sites excluding steroid dienone is 1. The quantitative estimate of drug-likeness (QED) is 0.349. The Morgan fingerprint density at radius 3 is 2.59 bits per heavy atom. The highest BCUT2D eigenvalue weighted by Gasteiger charge is 2.19. The van der Waals surface area contributed by atoms with E-state index in [1.807, 2.05) is 31.2 Å². The van der Waals surface area contributed by atoms with Crippen molar-refractivity contribution in [3.8, 4) is 5.75 Å². The second-order valence-corrected chi connectivity index (χ2v) is 8.80. The Morgan fingerprint density at radius 1 is 1.09 bits per heavy atom. The van der Waals surface area contributed by atoms with E-state index in [-0.39, 0.29) is 5.82 Å². The van der Waals surface area contributed by atoms with Crippen molar-refractivity contribution < 1.29 is 9.13 Å². The number of hydrogen-bond donors (Lipinski definition) is 0. The Morgan fingerprint density at radius 2 is 1.88 bits per heavy atom. The third-order valence-electron chi connectivity index (χ3n) is 6.18. The van der Waals surface area contributed by atoms with Crippen molar-refractivity contribution in [3.63, 3.8) is 0 Å². The molecule has 0 saturated carbocycles. The van der Waals surface area contributed by atoms with Crippen LogP contribution in [0.4, 0.5) is 15.8 Å². The van der Waals surface area contributed by atoms with Crippen LogP contribution in [-0.2, 0) is 6.42 Å². The van der Waals surface area contributed by atoms with E-state index in [2.05, 4.69) is 53.6 Å². The largest absolute Gasteiger partial charge is 0.494 e. The molecule has 0 N–H and O–H groups in total. The SMILES string of the molecule is C=CCCc1ccc(OCCCCN2CCN(c3cccc(C)c3F)CC2)cc1N(C)C. The molecule has 174 valence electrons. The van der Waals surface area contributed by atoms with Gasteiger partial charge >= 0.3 is 0 Å². The maximum Gasteiger partial charge on any atom is 0.149 e. The molecule has 2 aromatic carbocycles. The van der Waals surface area contributed by atoms with E-state index in [9.17, 15) is 4.39 Å². The lowest BCUT2D eigenvalue weighted by atomic mass is 10.1. The molecule has 32 heavy (non-hydrogen) atoms. The average molecular weight is 440 g/mol. The number of ether oxygens (including phenoxy) is 1. The minimum absolute atomic E-state index is 0.0794. The lowest BCUT2D eigenvalue weighted by Crippen LogP contribution is -2.47. The molecule has 1 heterocycles. The number of anilines is 2. The van der Waals surface area contributed by atoms with Gasteiger partial charge in [0.2, 0.25) is 0 Å². The highest BCUT2D eigenvalue weighted by Crippen LogP contribution is 2.26. The Kier molecular flexibility index (Phi) is 8.98. The number of unbranched alkanes of at least 4 members (excludes halogenated alkanes) is 1. The van der Waals surface area contributed by atoms with Gasteiger partial charge in [0.25, 0.3) is 0 Å². The first-order chi connectivity index (χ1) is 15.5. The molecule has 1 aliphatic heterocycles. The van der Waals surface area contributed by atoms with Crippen molar-refractivity contribution in [2.45, 2.75) is 32.6 Å². The van der Waals surface area contributed by atoms with Gasteiger partial charge in [-0.1, -0.05) is 24.3 Å². The van der Waals surface area contributed by atoms with E-state index in [0.717, 1.165) is 76.5 Å². The molecule has 0 aromatic heterocycles. The number of halogens is 1. The van der Waals surface area contributed by atoms with Crippen LogP contribution in [0.25, 0.3) is 0 Å². The minimum atomic E-state index is -0.0794. The number of rotatable bonds is 11. The summed E-state index contributed by atoms with van der Waals surface area (Å²) in [6.07, 6.45) is 6.08. The standard InChI is InChI=1S/C27H38FN3O/c1-5-6-11-23-13-14-24(21-26(23)29(3)4)32-20-8-7-15-30-16-18-31(19-17-30)25-12-9-10-22(2)27(25)28/h5,9-10,12-14,21H,1,6-8,11,15-20H2,2-4H3.